The van der Waals surface area contributed by atoms with Crippen LogP contribution in [0.2, 0.25) is 0 Å². The van der Waals surface area contributed by atoms with Gasteiger partial charge in [0, 0.05) is 0 Å². The van der Waals surface area contributed by atoms with Gasteiger partial charge in [-0.15, -0.1) is 0 Å². The summed E-state index contributed by atoms with van der Waals surface area (Å²) in [5.41, 5.74) is 5.41. The molecular formula is C10H11FN4O2S. The Labute approximate surface area is 103 Å². The fourth-order valence-corrected chi connectivity index (χ4v) is 2.37. The third-order valence-corrected chi connectivity index (χ3v) is 3.51. The molecule has 2 rings (SSSR count). The van der Waals surface area contributed by atoms with E-state index in [0.717, 1.165) is 6.07 Å². The number of hydrogen-bond acceptors (Lipinski definition) is 4. The Bertz CT molecular complexity index is 681. The average Bonchev–Trinajstić information content (AvgIpc) is 2.71. The van der Waals surface area contributed by atoms with Crippen molar-refractivity contribution in [1.29, 1.82) is 0 Å². The van der Waals surface area contributed by atoms with Crippen LogP contribution < -0.4 is 10.5 Å². The first-order valence-corrected chi connectivity index (χ1v) is 6.46. The van der Waals surface area contributed by atoms with Crippen LogP contribution in [0.5, 0.6) is 0 Å². The molecule has 0 aliphatic carbocycles. The molecule has 1 heterocycles. The Hall–Kier alpha value is -2.09. The van der Waals surface area contributed by atoms with E-state index < -0.39 is 15.8 Å². The lowest BCUT2D eigenvalue weighted by atomic mass is 10.3. The SMILES string of the molecule is Cc1ncc(S(=O)(=O)Nc2ccc(F)c(N)c2)[nH]1. The van der Waals surface area contributed by atoms with E-state index in [-0.39, 0.29) is 16.4 Å². The van der Waals surface area contributed by atoms with Crippen LogP contribution in [0.15, 0.2) is 29.4 Å². The molecule has 1 aromatic carbocycles. The van der Waals surface area contributed by atoms with Gasteiger partial charge in [0.1, 0.15) is 11.6 Å². The number of H-pyrrole nitrogens is 1. The van der Waals surface area contributed by atoms with Crippen molar-refractivity contribution >= 4 is 21.4 Å². The van der Waals surface area contributed by atoms with Gasteiger partial charge in [-0.1, -0.05) is 0 Å². The standard InChI is InChI=1S/C10H11FN4O2S/c1-6-13-5-10(14-6)18(16,17)15-7-2-3-8(11)9(12)4-7/h2-5,15H,12H2,1H3,(H,13,14). The maximum atomic E-state index is 12.9. The maximum Gasteiger partial charge on any atom is 0.278 e. The summed E-state index contributed by atoms with van der Waals surface area (Å²) in [5, 5.41) is -0.0668. The minimum atomic E-state index is -3.77. The molecule has 96 valence electrons. The van der Waals surface area contributed by atoms with Gasteiger partial charge in [0.25, 0.3) is 10.0 Å². The van der Waals surface area contributed by atoms with E-state index in [9.17, 15) is 12.8 Å². The van der Waals surface area contributed by atoms with E-state index in [1.54, 1.807) is 6.92 Å². The molecule has 0 atom stereocenters. The highest BCUT2D eigenvalue weighted by Gasteiger charge is 2.16. The number of hydrogen-bond donors (Lipinski definition) is 3. The number of sulfonamides is 1. The minimum absolute atomic E-state index is 0.0668. The molecule has 0 radical (unpaired) electrons. The van der Waals surface area contributed by atoms with E-state index >= 15 is 0 Å². The first-order chi connectivity index (χ1) is 8.38. The van der Waals surface area contributed by atoms with Crippen molar-refractivity contribution in [3.05, 3.63) is 36.0 Å². The van der Waals surface area contributed by atoms with Crippen molar-refractivity contribution in [2.45, 2.75) is 11.9 Å². The van der Waals surface area contributed by atoms with Gasteiger partial charge in [0.15, 0.2) is 5.03 Å². The Morgan fingerprint density at radius 1 is 1.44 bits per heavy atom. The van der Waals surface area contributed by atoms with Crippen molar-refractivity contribution in [1.82, 2.24) is 9.97 Å². The normalized spacial score (nSPS) is 11.4. The number of nitrogens with one attached hydrogen (secondary N) is 2. The zero-order chi connectivity index (χ0) is 13.3. The largest absolute Gasteiger partial charge is 0.396 e. The predicted molar refractivity (Wildman–Crippen MR) is 64.9 cm³/mol. The highest BCUT2D eigenvalue weighted by molar-refractivity contribution is 7.92. The summed E-state index contributed by atoms with van der Waals surface area (Å²) in [6.07, 6.45) is 1.20. The quantitative estimate of drug-likeness (QED) is 0.730. The molecule has 1 aromatic heterocycles. The zero-order valence-electron chi connectivity index (χ0n) is 9.44. The number of aryl methyl sites for hydroxylation is 1. The van der Waals surface area contributed by atoms with Crippen molar-refractivity contribution in [3.8, 4) is 0 Å². The van der Waals surface area contributed by atoms with E-state index in [1.807, 2.05) is 0 Å². The monoisotopic (exact) mass is 270 g/mol. The molecule has 0 saturated carbocycles. The van der Waals surface area contributed by atoms with Crippen molar-refractivity contribution in [2.24, 2.45) is 0 Å². The van der Waals surface area contributed by atoms with Crippen molar-refractivity contribution in [3.63, 3.8) is 0 Å². The topological polar surface area (TPSA) is 101 Å². The van der Waals surface area contributed by atoms with Crippen LogP contribution in [0.1, 0.15) is 5.82 Å². The lowest BCUT2D eigenvalue weighted by molar-refractivity contribution is 0.598. The van der Waals surface area contributed by atoms with Gasteiger partial charge < -0.3 is 10.7 Å². The number of rotatable bonds is 3. The molecule has 0 spiro atoms. The molecule has 0 unspecified atom stereocenters. The second-order valence-electron chi connectivity index (χ2n) is 3.67. The molecule has 4 N–H and O–H groups in total. The highest BCUT2D eigenvalue weighted by atomic mass is 32.2. The molecule has 0 bridgehead atoms. The number of anilines is 2. The molecular weight excluding hydrogens is 259 g/mol. The number of aromatic amines is 1. The Kier molecular flexibility index (Phi) is 2.95. The molecule has 0 amide bonds. The molecule has 0 saturated heterocycles. The van der Waals surface area contributed by atoms with Crippen LogP contribution >= 0.6 is 0 Å². The van der Waals surface area contributed by atoms with Gasteiger partial charge in [-0.3, -0.25) is 4.72 Å². The van der Waals surface area contributed by atoms with Crippen LogP contribution in [0.3, 0.4) is 0 Å². The molecule has 0 aliphatic heterocycles. The van der Waals surface area contributed by atoms with Crippen molar-refractivity contribution < 1.29 is 12.8 Å². The molecule has 0 fully saturated rings. The third kappa shape index (κ3) is 2.43. The number of nitrogens with two attached hydrogens (primary N) is 1. The summed E-state index contributed by atoms with van der Waals surface area (Å²) in [4.78, 5) is 6.39. The van der Waals surface area contributed by atoms with Crippen LogP contribution in [0.4, 0.5) is 15.8 Å². The Morgan fingerprint density at radius 2 is 2.17 bits per heavy atom. The lowest BCUT2D eigenvalue weighted by Crippen LogP contribution is -2.13. The van der Waals surface area contributed by atoms with Crippen LogP contribution in [0, 0.1) is 12.7 Å². The van der Waals surface area contributed by atoms with Crippen LogP contribution in [-0.4, -0.2) is 18.4 Å². The summed E-state index contributed by atoms with van der Waals surface area (Å²) in [6, 6.07) is 3.58. The molecule has 8 heteroatoms. The molecule has 18 heavy (non-hydrogen) atoms. The predicted octanol–water partition coefficient (Wildman–Crippen LogP) is 1.24. The molecule has 2 aromatic rings. The van der Waals surface area contributed by atoms with Gasteiger partial charge in [-0.05, 0) is 25.1 Å². The smallest absolute Gasteiger partial charge is 0.278 e. The summed E-state index contributed by atoms with van der Waals surface area (Å²) < 4.78 is 39.0. The molecule has 0 aliphatic rings. The number of halogens is 1. The molecule has 6 nitrogen and oxygen atoms in total. The van der Waals surface area contributed by atoms with E-state index in [0.29, 0.717) is 5.82 Å². The lowest BCUT2D eigenvalue weighted by Gasteiger charge is -2.07. The van der Waals surface area contributed by atoms with E-state index in [2.05, 4.69) is 14.7 Å². The zero-order valence-corrected chi connectivity index (χ0v) is 10.3. The number of nitrogens with zero attached hydrogens (tertiary/aromatic N) is 1. The number of aromatic nitrogens is 2. The number of benzene rings is 1. The summed E-state index contributed by atoms with van der Waals surface area (Å²) in [6.45, 7) is 1.63. The fraction of sp³-hybridized carbons (Fsp3) is 0.100. The van der Waals surface area contributed by atoms with Crippen LogP contribution in [0.25, 0.3) is 0 Å². The second kappa shape index (κ2) is 4.30. The Balaban J connectivity index is 2.30. The fourth-order valence-electron chi connectivity index (χ4n) is 1.35. The van der Waals surface area contributed by atoms with Gasteiger partial charge in [0.2, 0.25) is 0 Å². The van der Waals surface area contributed by atoms with Gasteiger partial charge >= 0.3 is 0 Å². The second-order valence-corrected chi connectivity index (χ2v) is 5.33. The first kappa shape index (κ1) is 12.4. The number of imidazole rings is 1. The summed E-state index contributed by atoms with van der Waals surface area (Å²) >= 11 is 0. The highest BCUT2D eigenvalue weighted by Crippen LogP contribution is 2.19. The van der Waals surface area contributed by atoms with E-state index in [4.69, 9.17) is 5.73 Å². The third-order valence-electron chi connectivity index (χ3n) is 2.22. The van der Waals surface area contributed by atoms with E-state index in [1.165, 1.54) is 18.3 Å². The maximum absolute atomic E-state index is 12.9. The van der Waals surface area contributed by atoms with Crippen molar-refractivity contribution in [2.75, 3.05) is 10.5 Å². The van der Waals surface area contributed by atoms with Crippen LogP contribution in [-0.2, 0) is 10.0 Å². The average molecular weight is 270 g/mol. The van der Waals surface area contributed by atoms with Gasteiger partial charge in [-0.25, -0.2) is 9.37 Å². The minimum Gasteiger partial charge on any atom is -0.396 e. The summed E-state index contributed by atoms with van der Waals surface area (Å²) in [5.74, 6) is -0.121. The Morgan fingerprint density at radius 3 is 2.72 bits per heavy atom. The van der Waals surface area contributed by atoms with Gasteiger partial charge in [0.05, 0.1) is 17.6 Å². The summed E-state index contributed by atoms with van der Waals surface area (Å²) in [7, 11) is -3.77. The first-order valence-electron chi connectivity index (χ1n) is 4.98. The number of nitrogen functional groups attached to an aromatic ring is 1. The van der Waals surface area contributed by atoms with Gasteiger partial charge in [-0.2, -0.15) is 8.42 Å².